The fourth-order valence-electron chi connectivity index (χ4n) is 1.67. The van der Waals surface area contributed by atoms with Gasteiger partial charge in [0.2, 0.25) is 0 Å². The van der Waals surface area contributed by atoms with Crippen molar-refractivity contribution in [2.45, 2.75) is 6.54 Å². The second kappa shape index (κ2) is 5.15. The van der Waals surface area contributed by atoms with Gasteiger partial charge in [0.25, 0.3) is 5.91 Å². The lowest BCUT2D eigenvalue weighted by Crippen LogP contribution is -2.26. The Balaban J connectivity index is 2.18. The third kappa shape index (κ3) is 2.38. The first-order chi connectivity index (χ1) is 8.72. The molecular formula is C13H12N4O. The van der Waals surface area contributed by atoms with Gasteiger partial charge in [0, 0.05) is 38.4 Å². The van der Waals surface area contributed by atoms with Crippen LogP contribution in [0.2, 0.25) is 0 Å². The molecule has 5 heteroatoms. The number of aromatic amines is 1. The van der Waals surface area contributed by atoms with Crippen molar-refractivity contribution in [1.29, 1.82) is 5.26 Å². The molecule has 1 N–H and O–H groups in total. The minimum atomic E-state index is -0.208. The Morgan fingerprint density at radius 1 is 1.56 bits per heavy atom. The topological polar surface area (TPSA) is 72.8 Å². The Morgan fingerprint density at radius 2 is 2.39 bits per heavy atom. The predicted octanol–water partition coefficient (Wildman–Crippen LogP) is 1.55. The Bertz CT molecular complexity index is 583. The highest BCUT2D eigenvalue weighted by atomic mass is 16.2. The molecule has 0 unspecified atom stereocenters. The van der Waals surface area contributed by atoms with E-state index in [1.807, 2.05) is 18.3 Å². The second-order valence-electron chi connectivity index (χ2n) is 3.91. The van der Waals surface area contributed by atoms with Crippen molar-refractivity contribution in [3.63, 3.8) is 0 Å². The molecule has 0 saturated carbocycles. The number of hydrogen-bond acceptors (Lipinski definition) is 3. The summed E-state index contributed by atoms with van der Waals surface area (Å²) in [6, 6.07) is 5.44. The first kappa shape index (κ1) is 11.9. The summed E-state index contributed by atoms with van der Waals surface area (Å²) in [5, 5.41) is 8.95. The maximum absolute atomic E-state index is 12.2. The lowest BCUT2D eigenvalue weighted by molar-refractivity contribution is 0.0784. The molecule has 2 heterocycles. The minimum Gasteiger partial charge on any atom is -0.367 e. The molecule has 1 amide bonds. The normalized spacial score (nSPS) is 9.78. The number of pyridine rings is 1. The molecule has 0 aliphatic carbocycles. The van der Waals surface area contributed by atoms with Gasteiger partial charge in [-0.05, 0) is 17.7 Å². The van der Waals surface area contributed by atoms with Crippen LogP contribution < -0.4 is 0 Å². The summed E-state index contributed by atoms with van der Waals surface area (Å²) in [5.41, 5.74) is 1.68. The Labute approximate surface area is 105 Å². The van der Waals surface area contributed by atoms with Gasteiger partial charge in [-0.25, -0.2) is 0 Å². The third-order valence-electron chi connectivity index (χ3n) is 2.60. The summed E-state index contributed by atoms with van der Waals surface area (Å²) in [5.74, 6) is -0.208. The summed E-state index contributed by atoms with van der Waals surface area (Å²) in [6.07, 6.45) is 6.56. The molecule has 2 rings (SSSR count). The smallest absolute Gasteiger partial charge is 0.256 e. The maximum atomic E-state index is 12.2. The molecule has 0 saturated heterocycles. The number of nitriles is 1. The van der Waals surface area contributed by atoms with E-state index in [0.29, 0.717) is 17.7 Å². The van der Waals surface area contributed by atoms with Crippen LogP contribution in [0.5, 0.6) is 0 Å². The highest BCUT2D eigenvalue weighted by molar-refractivity contribution is 5.96. The summed E-state index contributed by atoms with van der Waals surface area (Å²) in [6.45, 7) is 0.488. The van der Waals surface area contributed by atoms with Crippen molar-refractivity contribution in [2.75, 3.05) is 7.05 Å². The lowest BCUT2D eigenvalue weighted by Gasteiger charge is -2.16. The number of H-pyrrole nitrogens is 1. The van der Waals surface area contributed by atoms with Crippen molar-refractivity contribution < 1.29 is 4.79 Å². The molecule has 0 radical (unpaired) electrons. The first-order valence-electron chi connectivity index (χ1n) is 5.43. The van der Waals surface area contributed by atoms with Crippen LogP contribution in [0.4, 0.5) is 0 Å². The van der Waals surface area contributed by atoms with E-state index in [1.54, 1.807) is 18.1 Å². The standard InChI is InChI=1S/C13H12N4O/c1-17(9-10-2-4-15-7-10)13(18)12-8-16-5-3-11(12)6-14/h2-5,7-8,15H,9H2,1H3. The average Bonchev–Trinajstić information content (AvgIpc) is 2.90. The van der Waals surface area contributed by atoms with Crippen LogP contribution in [-0.4, -0.2) is 27.8 Å². The van der Waals surface area contributed by atoms with Crippen molar-refractivity contribution in [2.24, 2.45) is 0 Å². The van der Waals surface area contributed by atoms with Gasteiger partial charge in [0.15, 0.2) is 0 Å². The summed E-state index contributed by atoms with van der Waals surface area (Å²) in [4.78, 5) is 20.6. The molecule has 0 aliphatic rings. The molecular weight excluding hydrogens is 228 g/mol. The van der Waals surface area contributed by atoms with Crippen molar-refractivity contribution in [3.05, 3.63) is 53.6 Å². The lowest BCUT2D eigenvalue weighted by atomic mass is 10.1. The van der Waals surface area contributed by atoms with E-state index >= 15 is 0 Å². The van der Waals surface area contributed by atoms with Crippen molar-refractivity contribution in [3.8, 4) is 6.07 Å². The van der Waals surface area contributed by atoms with Gasteiger partial charge in [-0.1, -0.05) is 0 Å². The molecule has 0 fully saturated rings. The van der Waals surface area contributed by atoms with Gasteiger partial charge in [0.05, 0.1) is 11.1 Å². The van der Waals surface area contributed by atoms with Gasteiger partial charge >= 0.3 is 0 Å². The average molecular weight is 240 g/mol. The molecule has 2 aromatic heterocycles. The van der Waals surface area contributed by atoms with E-state index in [1.165, 1.54) is 18.5 Å². The molecule has 0 aromatic carbocycles. The zero-order chi connectivity index (χ0) is 13.0. The first-order valence-corrected chi connectivity index (χ1v) is 5.43. The van der Waals surface area contributed by atoms with E-state index in [-0.39, 0.29) is 5.91 Å². The maximum Gasteiger partial charge on any atom is 0.256 e. The van der Waals surface area contributed by atoms with Gasteiger partial charge in [-0.2, -0.15) is 5.26 Å². The van der Waals surface area contributed by atoms with E-state index in [9.17, 15) is 4.79 Å². The fraction of sp³-hybridized carbons (Fsp3) is 0.154. The largest absolute Gasteiger partial charge is 0.367 e. The van der Waals surface area contributed by atoms with Crippen LogP contribution in [0, 0.1) is 11.3 Å². The van der Waals surface area contributed by atoms with E-state index in [2.05, 4.69) is 9.97 Å². The summed E-state index contributed by atoms with van der Waals surface area (Å²) < 4.78 is 0. The number of hydrogen-bond donors (Lipinski definition) is 1. The summed E-state index contributed by atoms with van der Waals surface area (Å²) in [7, 11) is 1.70. The van der Waals surface area contributed by atoms with Crippen molar-refractivity contribution in [1.82, 2.24) is 14.9 Å². The number of carbonyl (C=O) groups excluding carboxylic acids is 1. The Hall–Kier alpha value is -2.61. The Kier molecular flexibility index (Phi) is 3.39. The third-order valence-corrected chi connectivity index (χ3v) is 2.60. The van der Waals surface area contributed by atoms with Crippen molar-refractivity contribution >= 4 is 5.91 Å². The molecule has 2 aromatic rings. The zero-order valence-electron chi connectivity index (χ0n) is 9.92. The monoisotopic (exact) mass is 240 g/mol. The van der Waals surface area contributed by atoms with Crippen LogP contribution in [0.15, 0.2) is 36.9 Å². The highest BCUT2D eigenvalue weighted by Crippen LogP contribution is 2.10. The number of nitrogens with one attached hydrogen (secondary N) is 1. The number of aromatic nitrogens is 2. The zero-order valence-corrected chi connectivity index (χ0v) is 9.92. The fourth-order valence-corrected chi connectivity index (χ4v) is 1.67. The van der Waals surface area contributed by atoms with Gasteiger partial charge in [-0.3, -0.25) is 9.78 Å². The number of amides is 1. The van der Waals surface area contributed by atoms with Crippen LogP contribution in [0.1, 0.15) is 21.5 Å². The Morgan fingerprint density at radius 3 is 3.06 bits per heavy atom. The molecule has 18 heavy (non-hydrogen) atoms. The highest BCUT2D eigenvalue weighted by Gasteiger charge is 2.16. The molecule has 0 bridgehead atoms. The quantitative estimate of drug-likeness (QED) is 0.884. The number of carbonyl (C=O) groups is 1. The van der Waals surface area contributed by atoms with Crippen LogP contribution in [0.3, 0.4) is 0 Å². The van der Waals surface area contributed by atoms with Gasteiger partial charge < -0.3 is 9.88 Å². The SMILES string of the molecule is CN(Cc1cc[nH]c1)C(=O)c1cnccc1C#N. The number of rotatable bonds is 3. The van der Waals surface area contributed by atoms with E-state index in [0.717, 1.165) is 5.56 Å². The van der Waals surface area contributed by atoms with Crippen LogP contribution in [0.25, 0.3) is 0 Å². The minimum absolute atomic E-state index is 0.208. The summed E-state index contributed by atoms with van der Waals surface area (Å²) >= 11 is 0. The van der Waals surface area contributed by atoms with Crippen LogP contribution >= 0.6 is 0 Å². The molecule has 0 spiro atoms. The van der Waals surface area contributed by atoms with Gasteiger partial charge in [0.1, 0.15) is 6.07 Å². The van der Waals surface area contributed by atoms with Crippen LogP contribution in [-0.2, 0) is 6.54 Å². The molecule has 0 aliphatic heterocycles. The molecule has 5 nitrogen and oxygen atoms in total. The second-order valence-corrected chi connectivity index (χ2v) is 3.91. The molecule has 90 valence electrons. The van der Waals surface area contributed by atoms with E-state index in [4.69, 9.17) is 5.26 Å². The molecule has 0 atom stereocenters. The van der Waals surface area contributed by atoms with Gasteiger partial charge in [-0.15, -0.1) is 0 Å². The predicted molar refractivity (Wildman–Crippen MR) is 65.5 cm³/mol. The number of nitrogens with zero attached hydrogens (tertiary/aromatic N) is 3. The van der Waals surface area contributed by atoms with E-state index < -0.39 is 0 Å².